The van der Waals surface area contributed by atoms with Gasteiger partial charge in [0.05, 0.1) is 19.1 Å². The number of hydrogen-bond acceptors (Lipinski definition) is 7. The topological polar surface area (TPSA) is 138 Å². The van der Waals surface area contributed by atoms with Crippen LogP contribution in [0.2, 0.25) is 0 Å². The molecule has 0 saturated carbocycles. The summed E-state index contributed by atoms with van der Waals surface area (Å²) in [6, 6.07) is 11.6. The zero-order chi connectivity index (χ0) is 20.7. The number of nitriles is 1. The summed E-state index contributed by atoms with van der Waals surface area (Å²) in [6.07, 6.45) is 1.23. The molecule has 1 amide bonds. The molecule has 0 unspecified atom stereocenters. The molecule has 2 aromatic rings. The van der Waals surface area contributed by atoms with Crippen LogP contribution >= 0.6 is 0 Å². The second-order valence-corrected chi connectivity index (χ2v) is 6.76. The second kappa shape index (κ2) is 8.90. The highest BCUT2D eigenvalue weighted by molar-refractivity contribution is 7.85. The van der Waals surface area contributed by atoms with Crippen LogP contribution in [0.15, 0.2) is 59.1 Å². The van der Waals surface area contributed by atoms with Gasteiger partial charge in [-0.3, -0.25) is 9.35 Å². The minimum atomic E-state index is -4.32. The number of ether oxygens (including phenoxy) is 2. The number of rotatable bonds is 7. The van der Waals surface area contributed by atoms with E-state index in [4.69, 9.17) is 14.0 Å². The average molecular weight is 403 g/mol. The van der Waals surface area contributed by atoms with E-state index in [1.54, 1.807) is 24.3 Å². The van der Waals surface area contributed by atoms with Crippen LogP contribution in [0.25, 0.3) is 0 Å². The van der Waals surface area contributed by atoms with Gasteiger partial charge in [-0.1, -0.05) is 0 Å². The second-order valence-electron chi connectivity index (χ2n) is 5.34. The average Bonchev–Trinajstić information content (AvgIpc) is 2.68. The Balaban J connectivity index is 2.12. The van der Waals surface area contributed by atoms with E-state index < -0.39 is 16.0 Å². The molecule has 2 aromatic carbocycles. The van der Waals surface area contributed by atoms with Gasteiger partial charge < -0.3 is 20.1 Å². The van der Waals surface area contributed by atoms with Crippen molar-refractivity contribution in [3.63, 3.8) is 0 Å². The Morgan fingerprint density at radius 2 is 1.68 bits per heavy atom. The number of nitrogens with zero attached hydrogens (tertiary/aromatic N) is 1. The molecule has 10 heteroatoms. The fourth-order valence-electron chi connectivity index (χ4n) is 2.14. The SMILES string of the molecule is COc1ccc(N/C=C(/C#N)C(=O)Nc2ccc(S(=O)(=O)O)cc2)cc1OC. The van der Waals surface area contributed by atoms with Crippen LogP contribution in [0.1, 0.15) is 0 Å². The third-order valence-electron chi connectivity index (χ3n) is 3.54. The number of benzene rings is 2. The molecular weight excluding hydrogens is 386 g/mol. The summed E-state index contributed by atoms with van der Waals surface area (Å²) in [5.74, 6) is 0.307. The van der Waals surface area contributed by atoms with Crippen molar-refractivity contribution in [2.45, 2.75) is 4.90 Å². The molecule has 146 valence electrons. The first kappa shape index (κ1) is 20.8. The summed E-state index contributed by atoms with van der Waals surface area (Å²) in [4.78, 5) is 11.9. The Hall–Kier alpha value is -3.55. The molecule has 0 fully saturated rings. The van der Waals surface area contributed by atoms with Crippen LogP contribution in [0.3, 0.4) is 0 Å². The van der Waals surface area contributed by atoms with E-state index >= 15 is 0 Å². The molecule has 0 aliphatic heterocycles. The maximum Gasteiger partial charge on any atom is 0.294 e. The lowest BCUT2D eigenvalue weighted by molar-refractivity contribution is -0.112. The molecule has 2 rings (SSSR count). The number of carbonyl (C=O) groups excluding carboxylic acids is 1. The number of nitrogens with one attached hydrogen (secondary N) is 2. The van der Waals surface area contributed by atoms with Crippen LogP contribution in [0.4, 0.5) is 11.4 Å². The number of amides is 1. The molecule has 0 radical (unpaired) electrons. The van der Waals surface area contributed by atoms with Crippen molar-refractivity contribution in [1.82, 2.24) is 0 Å². The number of anilines is 2. The Morgan fingerprint density at radius 1 is 1.07 bits per heavy atom. The van der Waals surface area contributed by atoms with Gasteiger partial charge in [0.15, 0.2) is 11.5 Å². The van der Waals surface area contributed by atoms with Gasteiger partial charge >= 0.3 is 0 Å². The minimum Gasteiger partial charge on any atom is -0.493 e. The minimum absolute atomic E-state index is 0.214. The highest BCUT2D eigenvalue weighted by Crippen LogP contribution is 2.29. The van der Waals surface area contributed by atoms with Crippen molar-refractivity contribution in [2.75, 3.05) is 24.9 Å². The summed E-state index contributed by atoms with van der Waals surface area (Å²) in [7, 11) is -1.33. The van der Waals surface area contributed by atoms with Gasteiger partial charge in [-0.15, -0.1) is 0 Å². The highest BCUT2D eigenvalue weighted by Gasteiger charge is 2.12. The smallest absolute Gasteiger partial charge is 0.294 e. The molecule has 0 atom stereocenters. The summed E-state index contributed by atoms with van der Waals surface area (Å²) < 4.78 is 41.3. The Kier molecular flexibility index (Phi) is 6.59. The van der Waals surface area contributed by atoms with E-state index in [2.05, 4.69) is 10.6 Å². The molecule has 0 aliphatic carbocycles. The van der Waals surface area contributed by atoms with Gasteiger partial charge in [-0.25, -0.2) is 0 Å². The van der Waals surface area contributed by atoms with Crippen molar-refractivity contribution in [2.24, 2.45) is 0 Å². The zero-order valence-corrected chi connectivity index (χ0v) is 15.8. The molecule has 28 heavy (non-hydrogen) atoms. The quantitative estimate of drug-likeness (QED) is 0.364. The maximum absolute atomic E-state index is 12.2. The van der Waals surface area contributed by atoms with Crippen LogP contribution in [0.5, 0.6) is 11.5 Å². The van der Waals surface area contributed by atoms with Crippen LogP contribution < -0.4 is 20.1 Å². The van der Waals surface area contributed by atoms with Crippen molar-refractivity contribution in [1.29, 1.82) is 5.26 Å². The Morgan fingerprint density at radius 3 is 2.21 bits per heavy atom. The number of carbonyl (C=O) groups is 1. The van der Waals surface area contributed by atoms with E-state index in [9.17, 15) is 18.5 Å². The van der Waals surface area contributed by atoms with Gasteiger partial charge in [-0.2, -0.15) is 13.7 Å². The van der Waals surface area contributed by atoms with Gasteiger partial charge in [0.2, 0.25) is 0 Å². The van der Waals surface area contributed by atoms with Crippen molar-refractivity contribution in [3.8, 4) is 17.6 Å². The molecule has 0 heterocycles. The third-order valence-corrected chi connectivity index (χ3v) is 4.41. The van der Waals surface area contributed by atoms with Crippen molar-refractivity contribution >= 4 is 27.4 Å². The first-order chi connectivity index (χ1) is 13.3. The predicted octanol–water partition coefficient (Wildman–Crippen LogP) is 2.41. The first-order valence-corrected chi connectivity index (χ1v) is 9.20. The van der Waals surface area contributed by atoms with Crippen LogP contribution in [-0.4, -0.2) is 33.1 Å². The van der Waals surface area contributed by atoms with E-state index in [1.165, 1.54) is 32.6 Å². The Labute approximate surface area is 161 Å². The van der Waals surface area contributed by atoms with Crippen molar-refractivity contribution < 1.29 is 27.2 Å². The fourth-order valence-corrected chi connectivity index (χ4v) is 2.62. The summed E-state index contributed by atoms with van der Waals surface area (Å²) in [5.41, 5.74) is 0.606. The molecule has 3 N–H and O–H groups in total. The van der Waals surface area contributed by atoms with Gasteiger partial charge in [0.25, 0.3) is 16.0 Å². The van der Waals surface area contributed by atoms with Crippen LogP contribution in [-0.2, 0) is 14.9 Å². The first-order valence-electron chi connectivity index (χ1n) is 7.76. The van der Waals surface area contributed by atoms with Crippen molar-refractivity contribution in [3.05, 3.63) is 54.2 Å². The molecule has 0 aliphatic rings. The van der Waals surface area contributed by atoms with E-state index in [0.29, 0.717) is 17.2 Å². The lowest BCUT2D eigenvalue weighted by Crippen LogP contribution is -2.14. The summed E-state index contributed by atoms with van der Waals surface area (Å²) >= 11 is 0. The maximum atomic E-state index is 12.2. The molecule has 9 nitrogen and oxygen atoms in total. The molecule has 0 bridgehead atoms. The standard InChI is InChI=1S/C18H17N3O6S/c1-26-16-8-5-14(9-17(16)27-2)20-11-12(10-19)18(22)21-13-3-6-15(7-4-13)28(23,24)25/h3-9,11,20H,1-2H3,(H,21,22)(H,23,24,25)/b12-11-. The van der Waals surface area contributed by atoms with E-state index in [-0.39, 0.29) is 16.2 Å². The highest BCUT2D eigenvalue weighted by atomic mass is 32.2. The zero-order valence-electron chi connectivity index (χ0n) is 15.0. The van der Waals surface area contributed by atoms with E-state index in [0.717, 1.165) is 12.1 Å². The van der Waals surface area contributed by atoms with Gasteiger partial charge in [0, 0.05) is 23.6 Å². The largest absolute Gasteiger partial charge is 0.493 e. The lowest BCUT2D eigenvalue weighted by Gasteiger charge is -2.10. The summed E-state index contributed by atoms with van der Waals surface area (Å²) in [5, 5.41) is 14.5. The molecule has 0 spiro atoms. The molecule has 0 aromatic heterocycles. The number of hydrogen-bond donors (Lipinski definition) is 3. The molecular formula is C18H17N3O6S. The number of methoxy groups -OCH3 is 2. The fraction of sp³-hybridized carbons (Fsp3) is 0.111. The van der Waals surface area contributed by atoms with Gasteiger partial charge in [-0.05, 0) is 36.4 Å². The van der Waals surface area contributed by atoms with Crippen LogP contribution in [0, 0.1) is 11.3 Å². The Bertz CT molecular complexity index is 1040. The predicted molar refractivity (Wildman–Crippen MR) is 102 cm³/mol. The lowest BCUT2D eigenvalue weighted by atomic mass is 10.2. The van der Waals surface area contributed by atoms with E-state index in [1.807, 2.05) is 0 Å². The summed E-state index contributed by atoms with van der Waals surface area (Å²) in [6.45, 7) is 0. The normalized spacial score (nSPS) is 11.3. The van der Waals surface area contributed by atoms with Gasteiger partial charge in [0.1, 0.15) is 11.6 Å². The molecule has 0 saturated heterocycles. The monoisotopic (exact) mass is 403 g/mol. The third kappa shape index (κ3) is 5.23.